The van der Waals surface area contributed by atoms with Gasteiger partial charge in [0.2, 0.25) is 11.6 Å². The lowest BCUT2D eigenvalue weighted by Gasteiger charge is -2.18. The number of hydrogen-bond acceptors (Lipinski definition) is 2. The molecule has 4 nitrogen and oxygen atoms in total. The molecule has 0 spiro atoms. The summed E-state index contributed by atoms with van der Waals surface area (Å²) in [4.78, 5) is 27.0. The van der Waals surface area contributed by atoms with Crippen LogP contribution >= 0.6 is 0 Å². The number of benzene rings is 2. The van der Waals surface area contributed by atoms with E-state index in [2.05, 4.69) is 4.85 Å². The van der Waals surface area contributed by atoms with Crippen LogP contribution < -0.4 is 5.32 Å². The number of allylic oxidation sites excluding steroid dienone is 1. The molecule has 1 unspecified atom stereocenters. The Bertz CT molecular complexity index is 1290. The predicted molar refractivity (Wildman–Crippen MR) is 119 cm³/mol. The maximum Gasteiger partial charge on any atom is 0.417 e. The first-order valence-electron chi connectivity index (χ1n) is 10.8. The van der Waals surface area contributed by atoms with Crippen molar-refractivity contribution in [2.75, 3.05) is 6.54 Å². The molecule has 0 saturated heterocycles. The van der Waals surface area contributed by atoms with Crippen molar-refractivity contribution in [3.8, 4) is 0 Å². The van der Waals surface area contributed by atoms with Gasteiger partial charge in [0, 0.05) is 17.9 Å². The van der Waals surface area contributed by atoms with Gasteiger partial charge in [0.25, 0.3) is 0 Å². The van der Waals surface area contributed by atoms with Crippen molar-refractivity contribution in [2.45, 2.75) is 37.8 Å². The second-order valence-electron chi connectivity index (χ2n) is 8.37. The molecule has 1 N–H and O–H groups in total. The second kappa shape index (κ2) is 11.9. The van der Waals surface area contributed by atoms with Crippen LogP contribution in [0, 0.1) is 18.3 Å². The minimum absolute atomic E-state index is 0.392. The third-order valence-corrected chi connectivity index (χ3v) is 5.34. The Morgan fingerprint density at radius 2 is 1.64 bits per heavy atom. The van der Waals surface area contributed by atoms with E-state index in [1.807, 2.05) is 0 Å². The summed E-state index contributed by atoms with van der Waals surface area (Å²) in [5, 5.41) is 1.52. The van der Waals surface area contributed by atoms with Crippen LogP contribution in [0.15, 0.2) is 42.5 Å². The van der Waals surface area contributed by atoms with Crippen molar-refractivity contribution in [3.63, 3.8) is 0 Å². The highest BCUT2D eigenvalue weighted by atomic mass is 19.4. The van der Waals surface area contributed by atoms with Crippen molar-refractivity contribution in [2.24, 2.45) is 5.92 Å². The van der Waals surface area contributed by atoms with E-state index in [0.717, 1.165) is 19.1 Å². The minimum Gasteiger partial charge on any atom is -0.347 e. The molecule has 0 fully saturated rings. The zero-order valence-electron chi connectivity index (χ0n) is 19.7. The highest BCUT2D eigenvalue weighted by Gasteiger charge is 2.39. The number of ketones is 1. The van der Waals surface area contributed by atoms with E-state index < -0.39 is 88.8 Å². The molecule has 210 valence electrons. The van der Waals surface area contributed by atoms with Crippen LogP contribution in [0.2, 0.25) is 0 Å². The van der Waals surface area contributed by atoms with Gasteiger partial charge in [0.05, 0.1) is 18.1 Å². The Labute approximate surface area is 215 Å². The molecule has 0 radical (unpaired) electrons. The second-order valence-corrected chi connectivity index (χ2v) is 8.37. The highest BCUT2D eigenvalue weighted by molar-refractivity contribution is 6.00. The molecule has 1 amide bonds. The molecular formula is C25H18F10N2O2. The Morgan fingerprint density at radius 1 is 1.00 bits per heavy atom. The van der Waals surface area contributed by atoms with Crippen LogP contribution in [0.1, 0.15) is 46.3 Å². The van der Waals surface area contributed by atoms with Crippen LogP contribution in [0.25, 0.3) is 10.9 Å². The first-order chi connectivity index (χ1) is 17.8. The highest BCUT2D eigenvalue weighted by Crippen LogP contribution is 2.39. The molecular weight excluding hydrogens is 550 g/mol. The summed E-state index contributed by atoms with van der Waals surface area (Å²) < 4.78 is 132. The van der Waals surface area contributed by atoms with Gasteiger partial charge < -0.3 is 5.32 Å². The average Bonchev–Trinajstić information content (AvgIpc) is 2.81. The number of carbonyl (C=O) groups excluding carboxylic acids is 2. The van der Waals surface area contributed by atoms with E-state index in [1.165, 1.54) is 5.32 Å². The minimum atomic E-state index is -5.15. The van der Waals surface area contributed by atoms with E-state index in [0.29, 0.717) is 36.4 Å². The molecule has 0 heterocycles. The molecule has 0 aromatic heterocycles. The molecule has 14 heteroatoms. The predicted octanol–water partition coefficient (Wildman–Crippen LogP) is 7.64. The van der Waals surface area contributed by atoms with Gasteiger partial charge in [-0.25, -0.2) is 9.24 Å². The number of halogens is 10. The lowest BCUT2D eigenvalue weighted by Crippen LogP contribution is -2.37. The zero-order valence-corrected chi connectivity index (χ0v) is 19.7. The van der Waals surface area contributed by atoms with Crippen molar-refractivity contribution in [1.82, 2.24) is 5.32 Å². The molecule has 2 atom stereocenters. The zero-order chi connectivity index (χ0) is 29.8. The lowest BCUT2D eigenvalue weighted by molar-refractivity contribution is -0.140. The van der Waals surface area contributed by atoms with Crippen molar-refractivity contribution in [3.05, 3.63) is 82.0 Å². The molecule has 0 aliphatic heterocycles. The van der Waals surface area contributed by atoms with Crippen LogP contribution in [0.4, 0.5) is 49.6 Å². The van der Waals surface area contributed by atoms with Gasteiger partial charge >= 0.3 is 18.5 Å². The van der Waals surface area contributed by atoms with Crippen molar-refractivity contribution in [1.29, 1.82) is 0 Å². The van der Waals surface area contributed by atoms with Gasteiger partial charge in [-0.1, -0.05) is 37.3 Å². The number of carbonyl (C=O) groups is 2. The van der Waals surface area contributed by atoms with Gasteiger partial charge in [-0.3, -0.25) is 9.59 Å². The monoisotopic (exact) mass is 568 g/mol. The number of hydrogen-bond donors (Lipinski definition) is 1. The van der Waals surface area contributed by atoms with Gasteiger partial charge in [-0.2, -0.15) is 39.5 Å². The maximum atomic E-state index is 13.7. The summed E-state index contributed by atoms with van der Waals surface area (Å²) in [6, 6.07) is 4.10. The summed E-state index contributed by atoms with van der Waals surface area (Å²) in [5.74, 6) is -7.32. The molecule has 0 saturated carbocycles. The first-order valence-corrected chi connectivity index (χ1v) is 10.8. The Kier molecular flexibility index (Phi) is 9.54. The van der Waals surface area contributed by atoms with Crippen molar-refractivity contribution < 1.29 is 53.5 Å². The fourth-order valence-corrected chi connectivity index (χ4v) is 3.41. The summed E-state index contributed by atoms with van der Waals surface area (Å²) in [6.07, 6.45) is -14.5. The normalized spacial score (nSPS) is 14.1. The van der Waals surface area contributed by atoms with Crippen LogP contribution in [0.5, 0.6) is 0 Å². The maximum absolute atomic E-state index is 13.7. The van der Waals surface area contributed by atoms with Gasteiger partial charge in [-0.05, 0) is 29.3 Å². The largest absolute Gasteiger partial charge is 0.417 e. The van der Waals surface area contributed by atoms with E-state index >= 15 is 0 Å². The quantitative estimate of drug-likeness (QED) is 0.202. The van der Waals surface area contributed by atoms with E-state index in [9.17, 15) is 53.5 Å². The Morgan fingerprint density at radius 3 is 2.18 bits per heavy atom. The van der Waals surface area contributed by atoms with Gasteiger partial charge in [0.1, 0.15) is 12.4 Å². The Hall–Kier alpha value is -3.89. The van der Waals surface area contributed by atoms with E-state index in [1.54, 1.807) is 0 Å². The number of nitrogens with one attached hydrogen (secondary N) is 1. The fourth-order valence-electron chi connectivity index (χ4n) is 3.41. The standard InChI is InChI=1S/C25H18F10N2O2/c1-13(22(39)37-12-23(27,28)29)9-21(38)16-6-3-14(10-18(16)25(33,34)35)4-7-17(24(30,31)32)15-5-8-19(26)20(11-15)36-2/h3-8,10-11,13,17H,9,12H2,1H3,(H,37,39)/b7-4+/t13-,17?/m0/s1. The van der Waals surface area contributed by atoms with Crippen LogP contribution in [-0.2, 0) is 11.0 Å². The Balaban J connectivity index is 2.37. The third-order valence-electron chi connectivity index (χ3n) is 5.34. The molecule has 2 aromatic rings. The SMILES string of the molecule is [C-]#[N+]c1cc(C(/C=C/c2ccc(C(=O)C[C@H](C)C(=O)NCC(F)(F)F)c(C(F)(F)F)c2)C(F)(F)F)ccc1F. The summed E-state index contributed by atoms with van der Waals surface area (Å²) >= 11 is 0. The number of amides is 1. The third kappa shape index (κ3) is 8.83. The molecule has 39 heavy (non-hydrogen) atoms. The summed E-state index contributed by atoms with van der Waals surface area (Å²) in [5.41, 5.74) is -4.07. The van der Waals surface area contributed by atoms with Crippen LogP contribution in [-0.4, -0.2) is 30.6 Å². The number of rotatable bonds is 8. The van der Waals surface area contributed by atoms with Crippen LogP contribution in [0.3, 0.4) is 0 Å². The fraction of sp³-hybridized carbons (Fsp3) is 0.320. The van der Waals surface area contributed by atoms with E-state index in [4.69, 9.17) is 6.57 Å². The van der Waals surface area contributed by atoms with E-state index in [-0.39, 0.29) is 0 Å². The molecule has 2 aromatic carbocycles. The molecule has 2 rings (SSSR count). The molecule has 0 aliphatic rings. The van der Waals surface area contributed by atoms with Crippen molar-refractivity contribution >= 4 is 23.5 Å². The lowest BCUT2D eigenvalue weighted by atomic mass is 9.93. The average molecular weight is 568 g/mol. The van der Waals surface area contributed by atoms with Gasteiger partial charge in [-0.15, -0.1) is 0 Å². The molecule has 0 bridgehead atoms. The number of alkyl halides is 9. The smallest absolute Gasteiger partial charge is 0.347 e. The number of nitrogens with zero attached hydrogens (tertiary/aromatic N) is 1. The topological polar surface area (TPSA) is 50.5 Å². The molecule has 0 aliphatic carbocycles. The van der Waals surface area contributed by atoms with Gasteiger partial charge in [0.15, 0.2) is 5.78 Å². The summed E-state index contributed by atoms with van der Waals surface area (Å²) in [6.45, 7) is 6.19. The number of Topliss-reactive ketones (excluding diaryl/α,β-unsaturated/α-hetero) is 1. The first kappa shape index (κ1) is 31.3. The summed E-state index contributed by atoms with van der Waals surface area (Å²) in [7, 11) is 0.